The molecule has 22 heavy (non-hydrogen) atoms. The molecule has 2 rings (SSSR count). The predicted octanol–water partition coefficient (Wildman–Crippen LogP) is 2.67. The lowest BCUT2D eigenvalue weighted by molar-refractivity contribution is -0.114. The van der Waals surface area contributed by atoms with Gasteiger partial charge in [-0.05, 0) is 23.3 Å². The molecule has 0 bridgehead atoms. The van der Waals surface area contributed by atoms with Crippen LogP contribution >= 0.6 is 12.4 Å². The van der Waals surface area contributed by atoms with Gasteiger partial charge in [0.25, 0.3) is 0 Å². The van der Waals surface area contributed by atoms with Crippen LogP contribution in [0.2, 0.25) is 0 Å². The highest BCUT2D eigenvalue weighted by Gasteiger charge is 2.17. The van der Waals surface area contributed by atoms with Crippen LogP contribution in [0, 0.1) is 0 Å². The standard InChI is InChI=1S/C17H20N2O2.ClH/c1-12(20)19-15-9-7-14(8-10-15)17(18)16(21)11-13-5-3-2-4-6-13;/h2-10,16-17,21H,11,18H2,1H3,(H,19,20);1H/t16-,17+;/m1./s1. The number of nitrogens with two attached hydrogens (primary N) is 1. The molecule has 4 nitrogen and oxygen atoms in total. The lowest BCUT2D eigenvalue weighted by Crippen LogP contribution is -2.28. The lowest BCUT2D eigenvalue weighted by atomic mass is 9.97. The molecule has 5 heteroatoms. The first kappa shape index (κ1) is 18.2. The van der Waals surface area contributed by atoms with Crippen molar-refractivity contribution >= 4 is 24.0 Å². The van der Waals surface area contributed by atoms with Crippen LogP contribution in [0.5, 0.6) is 0 Å². The second-order valence-electron chi connectivity index (χ2n) is 5.09. The molecule has 0 aliphatic heterocycles. The summed E-state index contributed by atoms with van der Waals surface area (Å²) in [6, 6.07) is 16.5. The molecule has 0 aliphatic rings. The van der Waals surface area contributed by atoms with Gasteiger partial charge in [-0.15, -0.1) is 12.4 Å². The number of carbonyl (C=O) groups excluding carboxylic acids is 1. The minimum Gasteiger partial charge on any atom is -0.391 e. The third-order valence-electron chi connectivity index (χ3n) is 3.32. The van der Waals surface area contributed by atoms with E-state index in [1.165, 1.54) is 6.92 Å². The van der Waals surface area contributed by atoms with Crippen LogP contribution in [-0.4, -0.2) is 17.1 Å². The van der Waals surface area contributed by atoms with E-state index in [0.717, 1.165) is 16.8 Å². The van der Waals surface area contributed by atoms with E-state index in [1.807, 2.05) is 42.5 Å². The molecular weight excluding hydrogens is 300 g/mol. The normalized spacial score (nSPS) is 12.9. The zero-order valence-corrected chi connectivity index (χ0v) is 13.2. The number of hydrogen-bond acceptors (Lipinski definition) is 3. The lowest BCUT2D eigenvalue weighted by Gasteiger charge is -2.19. The molecule has 2 aromatic rings. The third kappa shape index (κ3) is 5.15. The SMILES string of the molecule is CC(=O)Nc1ccc([C@H](N)[C@H](O)Cc2ccccc2)cc1.Cl. The molecule has 0 heterocycles. The number of nitrogens with one attached hydrogen (secondary N) is 1. The summed E-state index contributed by atoms with van der Waals surface area (Å²) < 4.78 is 0. The third-order valence-corrected chi connectivity index (χ3v) is 3.32. The predicted molar refractivity (Wildman–Crippen MR) is 91.1 cm³/mol. The molecule has 0 unspecified atom stereocenters. The Balaban J connectivity index is 0.00000242. The monoisotopic (exact) mass is 320 g/mol. The van der Waals surface area contributed by atoms with E-state index in [4.69, 9.17) is 5.73 Å². The summed E-state index contributed by atoms with van der Waals surface area (Å²) in [7, 11) is 0. The van der Waals surface area contributed by atoms with Gasteiger partial charge in [0.15, 0.2) is 0 Å². The molecule has 2 aromatic carbocycles. The van der Waals surface area contributed by atoms with E-state index in [1.54, 1.807) is 12.1 Å². The van der Waals surface area contributed by atoms with Gasteiger partial charge >= 0.3 is 0 Å². The van der Waals surface area contributed by atoms with Gasteiger partial charge in [-0.25, -0.2) is 0 Å². The Morgan fingerprint density at radius 3 is 2.27 bits per heavy atom. The van der Waals surface area contributed by atoms with Crippen molar-refractivity contribution in [1.82, 2.24) is 0 Å². The smallest absolute Gasteiger partial charge is 0.221 e. The molecule has 4 N–H and O–H groups in total. The van der Waals surface area contributed by atoms with Gasteiger partial charge in [0, 0.05) is 19.0 Å². The molecule has 0 spiro atoms. The molecular formula is C17H21ClN2O2. The molecule has 0 saturated carbocycles. The Labute approximate surface area is 136 Å². The first-order valence-electron chi connectivity index (χ1n) is 6.91. The van der Waals surface area contributed by atoms with Crippen molar-refractivity contribution < 1.29 is 9.90 Å². The maximum Gasteiger partial charge on any atom is 0.221 e. The van der Waals surface area contributed by atoms with Crippen LogP contribution in [0.4, 0.5) is 5.69 Å². The van der Waals surface area contributed by atoms with Crippen LogP contribution in [0.25, 0.3) is 0 Å². The molecule has 0 aliphatic carbocycles. The average Bonchev–Trinajstić information content (AvgIpc) is 2.47. The van der Waals surface area contributed by atoms with Gasteiger partial charge in [-0.2, -0.15) is 0 Å². The van der Waals surface area contributed by atoms with Gasteiger partial charge in [0.1, 0.15) is 0 Å². The van der Waals surface area contributed by atoms with Crippen molar-refractivity contribution in [3.63, 3.8) is 0 Å². The number of rotatable bonds is 5. The Kier molecular flexibility index (Phi) is 7.05. The fraction of sp³-hybridized carbons (Fsp3) is 0.235. The maximum atomic E-state index is 11.0. The van der Waals surface area contributed by atoms with Gasteiger partial charge < -0.3 is 16.2 Å². The minimum absolute atomic E-state index is 0. The van der Waals surface area contributed by atoms with E-state index >= 15 is 0 Å². The van der Waals surface area contributed by atoms with Gasteiger partial charge in [0.2, 0.25) is 5.91 Å². The van der Waals surface area contributed by atoms with Crippen molar-refractivity contribution in [3.05, 3.63) is 65.7 Å². The molecule has 0 saturated heterocycles. The highest BCUT2D eigenvalue weighted by atomic mass is 35.5. The zero-order valence-electron chi connectivity index (χ0n) is 12.4. The van der Waals surface area contributed by atoms with Crippen molar-refractivity contribution in [3.8, 4) is 0 Å². The largest absolute Gasteiger partial charge is 0.391 e. The van der Waals surface area contributed by atoms with Crippen LogP contribution in [-0.2, 0) is 11.2 Å². The number of hydrogen-bond donors (Lipinski definition) is 3. The summed E-state index contributed by atoms with van der Waals surface area (Å²) in [5.74, 6) is -0.115. The van der Waals surface area contributed by atoms with Crippen LogP contribution in [0.3, 0.4) is 0 Å². The second kappa shape index (κ2) is 8.54. The van der Waals surface area contributed by atoms with E-state index in [0.29, 0.717) is 6.42 Å². The first-order valence-corrected chi connectivity index (χ1v) is 6.91. The van der Waals surface area contributed by atoms with Gasteiger partial charge in [-0.1, -0.05) is 42.5 Å². The van der Waals surface area contributed by atoms with E-state index < -0.39 is 12.1 Å². The molecule has 2 atom stereocenters. The summed E-state index contributed by atoms with van der Waals surface area (Å²) in [6.07, 6.45) is -0.144. The quantitative estimate of drug-likeness (QED) is 0.793. The minimum atomic E-state index is -0.654. The van der Waals surface area contributed by atoms with Crippen LogP contribution in [0.15, 0.2) is 54.6 Å². The van der Waals surface area contributed by atoms with E-state index in [-0.39, 0.29) is 18.3 Å². The van der Waals surface area contributed by atoms with Gasteiger partial charge in [0.05, 0.1) is 12.1 Å². The molecule has 118 valence electrons. The van der Waals surface area contributed by atoms with E-state index in [2.05, 4.69) is 5.32 Å². The number of amides is 1. The summed E-state index contributed by atoms with van der Waals surface area (Å²) >= 11 is 0. The van der Waals surface area contributed by atoms with Crippen LogP contribution < -0.4 is 11.1 Å². The van der Waals surface area contributed by atoms with Crippen molar-refractivity contribution in [2.75, 3.05) is 5.32 Å². The Morgan fingerprint density at radius 1 is 1.14 bits per heavy atom. The fourth-order valence-corrected chi connectivity index (χ4v) is 2.20. The number of halogens is 1. The summed E-state index contributed by atoms with van der Waals surface area (Å²) in [5, 5.41) is 12.9. The second-order valence-corrected chi connectivity index (χ2v) is 5.09. The van der Waals surface area contributed by atoms with E-state index in [9.17, 15) is 9.90 Å². The topological polar surface area (TPSA) is 75.4 Å². The highest BCUT2D eigenvalue weighted by molar-refractivity contribution is 5.88. The maximum absolute atomic E-state index is 11.0. The Morgan fingerprint density at radius 2 is 1.73 bits per heavy atom. The number of aliphatic hydroxyl groups excluding tert-OH is 1. The fourth-order valence-electron chi connectivity index (χ4n) is 2.20. The number of benzene rings is 2. The molecule has 0 fully saturated rings. The summed E-state index contributed by atoms with van der Waals surface area (Å²) in [6.45, 7) is 1.46. The first-order chi connectivity index (χ1) is 10.1. The van der Waals surface area contributed by atoms with Crippen LogP contribution in [0.1, 0.15) is 24.1 Å². The highest BCUT2D eigenvalue weighted by Crippen LogP contribution is 2.19. The summed E-state index contributed by atoms with van der Waals surface area (Å²) in [4.78, 5) is 11.0. The number of carbonyl (C=O) groups is 1. The van der Waals surface area contributed by atoms with Gasteiger partial charge in [-0.3, -0.25) is 4.79 Å². The summed E-state index contributed by atoms with van der Waals surface area (Å²) in [5.41, 5.74) is 8.71. The van der Waals surface area contributed by atoms with Crippen molar-refractivity contribution in [2.45, 2.75) is 25.5 Å². The number of aliphatic hydroxyl groups is 1. The Bertz CT molecular complexity index is 587. The molecule has 1 amide bonds. The Hall–Kier alpha value is -1.88. The molecule has 0 aromatic heterocycles. The average molecular weight is 321 g/mol. The molecule has 0 radical (unpaired) electrons. The van der Waals surface area contributed by atoms with Crippen molar-refractivity contribution in [2.24, 2.45) is 5.73 Å². The number of anilines is 1. The van der Waals surface area contributed by atoms with Crippen molar-refractivity contribution in [1.29, 1.82) is 0 Å². The zero-order chi connectivity index (χ0) is 15.2.